The predicted octanol–water partition coefficient (Wildman–Crippen LogP) is 6.46. The lowest BCUT2D eigenvalue weighted by molar-refractivity contribution is -0.143. The molecular formula is C31H27ClF3N7O3. The van der Waals surface area contributed by atoms with E-state index in [4.69, 9.17) is 22.1 Å². The fourth-order valence-corrected chi connectivity index (χ4v) is 4.99. The molecule has 3 aromatic carbocycles. The van der Waals surface area contributed by atoms with Gasteiger partial charge in [0.15, 0.2) is 5.69 Å². The number of anilines is 3. The van der Waals surface area contributed by atoms with E-state index in [-0.39, 0.29) is 29.5 Å². The molecular weight excluding hydrogens is 611 g/mol. The van der Waals surface area contributed by atoms with Crippen LogP contribution in [0, 0.1) is 0 Å². The summed E-state index contributed by atoms with van der Waals surface area (Å²) in [5, 5.41) is 10.2. The Balaban J connectivity index is 1.48. The Labute approximate surface area is 260 Å². The van der Waals surface area contributed by atoms with Crippen LogP contribution in [-0.2, 0) is 23.8 Å². The van der Waals surface area contributed by atoms with Crippen molar-refractivity contribution in [3.8, 4) is 11.4 Å². The molecule has 232 valence electrons. The van der Waals surface area contributed by atoms with E-state index < -0.39 is 23.3 Å². The molecule has 0 radical (unpaired) electrons. The standard InChI is InChI=1S/C31H27ClF3N7O3/c1-3-27(43)40-19-7-6-17(4-5-18-12-26-22(14-24(18)32)29(36)38-16-37-26)25(13-19)41-30(44)23-15-39-42(28(23)31(33,34)35)20-8-10-21(45-2)11-9-20/h6-16H,3-5H2,1-2H3,(H,40,43)(H,41,44)(H2,36,37,38). The molecule has 0 unspecified atom stereocenters. The minimum atomic E-state index is -4.91. The third kappa shape index (κ3) is 6.83. The van der Waals surface area contributed by atoms with Crippen molar-refractivity contribution < 1.29 is 27.5 Å². The highest BCUT2D eigenvalue weighted by Gasteiger charge is 2.40. The number of benzene rings is 3. The molecule has 0 aliphatic heterocycles. The van der Waals surface area contributed by atoms with Crippen molar-refractivity contribution in [3.63, 3.8) is 0 Å². The van der Waals surface area contributed by atoms with Gasteiger partial charge < -0.3 is 21.1 Å². The normalized spacial score (nSPS) is 11.4. The van der Waals surface area contributed by atoms with Crippen LogP contribution in [0.25, 0.3) is 16.6 Å². The lowest BCUT2D eigenvalue weighted by Crippen LogP contribution is -2.21. The first kappa shape index (κ1) is 31.3. The molecule has 4 N–H and O–H groups in total. The average Bonchev–Trinajstić information content (AvgIpc) is 3.48. The fraction of sp³-hybridized carbons (Fsp3) is 0.194. The van der Waals surface area contributed by atoms with Gasteiger partial charge in [-0.25, -0.2) is 14.6 Å². The Kier molecular flexibility index (Phi) is 8.91. The summed E-state index contributed by atoms with van der Waals surface area (Å²) in [6, 6.07) is 14.1. The monoisotopic (exact) mass is 637 g/mol. The number of nitrogens with two attached hydrogens (primary N) is 1. The molecule has 0 spiro atoms. The number of carbonyl (C=O) groups is 2. The first-order chi connectivity index (χ1) is 21.5. The summed E-state index contributed by atoms with van der Waals surface area (Å²) in [5.41, 5.74) is 6.60. The van der Waals surface area contributed by atoms with Gasteiger partial charge in [-0.2, -0.15) is 18.3 Å². The van der Waals surface area contributed by atoms with Gasteiger partial charge in [-0.15, -0.1) is 0 Å². The number of methoxy groups -OCH3 is 1. The largest absolute Gasteiger partial charge is 0.497 e. The van der Waals surface area contributed by atoms with E-state index in [9.17, 15) is 22.8 Å². The molecule has 45 heavy (non-hydrogen) atoms. The second-order valence-corrected chi connectivity index (χ2v) is 10.4. The van der Waals surface area contributed by atoms with Crippen molar-refractivity contribution in [1.82, 2.24) is 19.7 Å². The van der Waals surface area contributed by atoms with Crippen LogP contribution in [0.1, 0.15) is 40.5 Å². The third-order valence-electron chi connectivity index (χ3n) is 7.06. The smallest absolute Gasteiger partial charge is 0.434 e. The van der Waals surface area contributed by atoms with Gasteiger partial charge in [0.05, 0.1) is 30.1 Å². The molecule has 0 atom stereocenters. The summed E-state index contributed by atoms with van der Waals surface area (Å²) in [4.78, 5) is 33.7. The number of hydrogen-bond donors (Lipinski definition) is 3. The Bertz CT molecular complexity index is 1890. The SMILES string of the molecule is CCC(=O)Nc1ccc(CCc2cc3ncnc(N)c3cc2Cl)c(NC(=O)c2cnn(-c3ccc(OC)cc3)c2C(F)(F)F)c1. The number of aryl methyl sites for hydroxylation is 2. The molecule has 0 saturated heterocycles. The van der Waals surface area contributed by atoms with Crippen LogP contribution in [0.15, 0.2) is 67.1 Å². The summed E-state index contributed by atoms with van der Waals surface area (Å²) in [6.07, 6.45) is -1.77. The Hall–Kier alpha value is -5.17. The molecule has 0 aliphatic rings. The first-order valence-corrected chi connectivity index (χ1v) is 14.1. The number of aromatic nitrogens is 4. The van der Waals surface area contributed by atoms with Crippen molar-refractivity contribution >= 4 is 51.5 Å². The lowest BCUT2D eigenvalue weighted by Gasteiger charge is -2.16. The van der Waals surface area contributed by atoms with Gasteiger partial charge in [0.25, 0.3) is 5.91 Å². The van der Waals surface area contributed by atoms with E-state index in [1.807, 2.05) is 0 Å². The Morgan fingerprint density at radius 1 is 1.00 bits per heavy atom. The molecule has 0 saturated carbocycles. The van der Waals surface area contributed by atoms with Gasteiger partial charge >= 0.3 is 6.18 Å². The van der Waals surface area contributed by atoms with Crippen molar-refractivity contribution in [1.29, 1.82) is 0 Å². The highest BCUT2D eigenvalue weighted by atomic mass is 35.5. The molecule has 5 rings (SSSR count). The number of ether oxygens (including phenoxy) is 1. The molecule has 2 amide bonds. The number of nitrogen functional groups attached to an aromatic ring is 1. The van der Waals surface area contributed by atoms with Crippen LogP contribution in [0.5, 0.6) is 5.75 Å². The van der Waals surface area contributed by atoms with Crippen LogP contribution < -0.4 is 21.1 Å². The number of fused-ring (bicyclic) bond motifs is 1. The van der Waals surface area contributed by atoms with Crippen molar-refractivity contribution in [2.75, 3.05) is 23.5 Å². The molecule has 14 heteroatoms. The number of carbonyl (C=O) groups excluding carboxylic acids is 2. The van der Waals surface area contributed by atoms with Gasteiger partial charge in [-0.1, -0.05) is 24.6 Å². The maximum atomic E-state index is 14.3. The first-order valence-electron chi connectivity index (χ1n) is 13.7. The van der Waals surface area contributed by atoms with E-state index in [0.29, 0.717) is 50.4 Å². The highest BCUT2D eigenvalue weighted by Crippen LogP contribution is 2.35. The van der Waals surface area contributed by atoms with Crippen LogP contribution in [0.2, 0.25) is 5.02 Å². The van der Waals surface area contributed by atoms with E-state index in [1.165, 1.54) is 43.8 Å². The van der Waals surface area contributed by atoms with Gasteiger partial charge in [0.1, 0.15) is 17.9 Å². The zero-order valence-electron chi connectivity index (χ0n) is 24.1. The van der Waals surface area contributed by atoms with Crippen molar-refractivity contribution in [2.45, 2.75) is 32.4 Å². The zero-order valence-corrected chi connectivity index (χ0v) is 24.8. The Morgan fingerprint density at radius 3 is 2.42 bits per heavy atom. The van der Waals surface area contributed by atoms with Crippen LogP contribution >= 0.6 is 11.6 Å². The average molecular weight is 638 g/mol. The minimum Gasteiger partial charge on any atom is -0.497 e. The summed E-state index contributed by atoms with van der Waals surface area (Å²) in [6.45, 7) is 1.68. The van der Waals surface area contributed by atoms with E-state index in [1.54, 1.807) is 31.2 Å². The van der Waals surface area contributed by atoms with Crippen LogP contribution in [0.4, 0.5) is 30.4 Å². The highest BCUT2D eigenvalue weighted by molar-refractivity contribution is 6.32. The maximum Gasteiger partial charge on any atom is 0.434 e. The summed E-state index contributed by atoms with van der Waals surface area (Å²) in [5.74, 6) is -0.568. The molecule has 0 fully saturated rings. The van der Waals surface area contributed by atoms with Crippen molar-refractivity contribution in [3.05, 3.63) is 94.5 Å². The number of nitrogens with zero attached hydrogens (tertiary/aromatic N) is 4. The third-order valence-corrected chi connectivity index (χ3v) is 7.41. The van der Waals surface area contributed by atoms with Crippen LogP contribution in [0.3, 0.4) is 0 Å². The Morgan fingerprint density at radius 2 is 1.73 bits per heavy atom. The number of halogens is 4. The van der Waals surface area contributed by atoms with Gasteiger partial charge in [0, 0.05) is 28.2 Å². The van der Waals surface area contributed by atoms with Crippen molar-refractivity contribution in [2.24, 2.45) is 0 Å². The zero-order chi connectivity index (χ0) is 32.3. The molecule has 2 heterocycles. The number of hydrogen-bond acceptors (Lipinski definition) is 7. The van der Waals surface area contributed by atoms with Crippen LogP contribution in [-0.4, -0.2) is 38.7 Å². The van der Waals surface area contributed by atoms with Gasteiger partial charge in [-0.3, -0.25) is 9.59 Å². The second-order valence-electron chi connectivity index (χ2n) is 9.96. The quantitative estimate of drug-likeness (QED) is 0.169. The summed E-state index contributed by atoms with van der Waals surface area (Å²) < 4.78 is 48.8. The summed E-state index contributed by atoms with van der Waals surface area (Å²) >= 11 is 6.52. The topological polar surface area (TPSA) is 137 Å². The molecule has 10 nitrogen and oxygen atoms in total. The lowest BCUT2D eigenvalue weighted by atomic mass is 10.0. The summed E-state index contributed by atoms with van der Waals surface area (Å²) in [7, 11) is 1.44. The fourth-order valence-electron chi connectivity index (χ4n) is 4.73. The second kappa shape index (κ2) is 12.8. The number of alkyl halides is 3. The maximum absolute atomic E-state index is 14.3. The van der Waals surface area contributed by atoms with E-state index in [2.05, 4.69) is 25.7 Å². The molecule has 2 aromatic heterocycles. The van der Waals surface area contributed by atoms with E-state index >= 15 is 0 Å². The van der Waals surface area contributed by atoms with Gasteiger partial charge in [0.2, 0.25) is 5.91 Å². The molecule has 0 bridgehead atoms. The number of nitrogens with one attached hydrogen (secondary N) is 2. The minimum absolute atomic E-state index is 0.0893. The molecule has 0 aliphatic carbocycles. The molecule has 5 aromatic rings. The van der Waals surface area contributed by atoms with E-state index in [0.717, 1.165) is 11.8 Å². The van der Waals surface area contributed by atoms with Gasteiger partial charge in [-0.05, 0) is 72.5 Å². The predicted molar refractivity (Wildman–Crippen MR) is 165 cm³/mol. The number of amides is 2. The number of rotatable bonds is 9.